The summed E-state index contributed by atoms with van der Waals surface area (Å²) in [4.78, 5) is 12.8. The van der Waals surface area contributed by atoms with Gasteiger partial charge in [-0.3, -0.25) is 4.79 Å². The number of rotatable bonds is 4. The molecule has 3 aromatic rings. The first-order valence-corrected chi connectivity index (χ1v) is 7.77. The van der Waals surface area contributed by atoms with Crippen molar-refractivity contribution in [2.24, 2.45) is 0 Å². The van der Waals surface area contributed by atoms with Crippen molar-refractivity contribution in [2.45, 2.75) is 13.3 Å². The van der Waals surface area contributed by atoms with Crippen molar-refractivity contribution in [1.82, 2.24) is 15.0 Å². The van der Waals surface area contributed by atoms with Crippen molar-refractivity contribution in [3.8, 4) is 5.75 Å². The topological polar surface area (TPSA) is 57.0 Å². The second kappa shape index (κ2) is 6.27. The van der Waals surface area contributed by atoms with Crippen molar-refractivity contribution in [3.05, 3.63) is 52.5 Å². The van der Waals surface area contributed by atoms with Gasteiger partial charge in [-0.2, -0.15) is 4.68 Å². The van der Waals surface area contributed by atoms with Crippen LogP contribution < -0.4 is 4.74 Å². The van der Waals surface area contributed by atoms with Crippen LogP contribution in [0.1, 0.15) is 23.7 Å². The summed E-state index contributed by atoms with van der Waals surface area (Å²) >= 11 is 3.39. The van der Waals surface area contributed by atoms with Crippen LogP contribution in [0.4, 0.5) is 0 Å². The van der Waals surface area contributed by atoms with Crippen molar-refractivity contribution in [3.63, 3.8) is 0 Å². The fourth-order valence-electron chi connectivity index (χ4n) is 2.14. The Kier molecular flexibility index (Phi) is 4.20. The van der Waals surface area contributed by atoms with Crippen LogP contribution in [-0.4, -0.2) is 27.5 Å². The van der Waals surface area contributed by atoms with E-state index in [0.717, 1.165) is 10.9 Å². The number of para-hydroxylation sites is 1. The molecule has 0 saturated heterocycles. The first-order chi connectivity index (χ1) is 10.7. The molecule has 2 aromatic carbocycles. The lowest BCUT2D eigenvalue weighted by molar-refractivity contribution is 0.0944. The third-order valence-corrected chi connectivity index (χ3v) is 3.67. The van der Waals surface area contributed by atoms with Gasteiger partial charge in [0, 0.05) is 4.47 Å². The molecule has 0 spiro atoms. The Morgan fingerprint density at radius 1 is 1.27 bits per heavy atom. The van der Waals surface area contributed by atoms with E-state index in [1.165, 1.54) is 4.68 Å². The molecule has 0 unspecified atom stereocenters. The maximum absolute atomic E-state index is 12.8. The Balaban J connectivity index is 2.06. The van der Waals surface area contributed by atoms with E-state index in [9.17, 15) is 4.79 Å². The average Bonchev–Trinajstić information content (AvgIpc) is 2.97. The summed E-state index contributed by atoms with van der Waals surface area (Å²) in [6.45, 7) is 2.57. The summed E-state index contributed by atoms with van der Waals surface area (Å²) in [6.07, 6.45) is 0.871. The molecule has 0 atom stereocenters. The first kappa shape index (κ1) is 14.7. The standard InChI is InChI=1S/C16H14BrN3O2/c1-2-9-22-15-8-7-11(17)10-12(15)16(21)20-14-6-4-3-5-13(14)18-19-20/h3-8,10H,2,9H2,1H3. The van der Waals surface area contributed by atoms with Crippen LogP contribution in [0, 0.1) is 0 Å². The Hall–Kier alpha value is -2.21. The first-order valence-electron chi connectivity index (χ1n) is 6.98. The van der Waals surface area contributed by atoms with Crippen molar-refractivity contribution < 1.29 is 9.53 Å². The number of hydrogen-bond donors (Lipinski definition) is 0. The van der Waals surface area contributed by atoms with Gasteiger partial charge >= 0.3 is 0 Å². The largest absolute Gasteiger partial charge is 0.493 e. The minimum absolute atomic E-state index is 0.263. The smallest absolute Gasteiger partial charge is 0.283 e. The molecule has 0 radical (unpaired) electrons. The summed E-state index contributed by atoms with van der Waals surface area (Å²) in [5, 5.41) is 7.99. The fraction of sp³-hybridized carbons (Fsp3) is 0.188. The number of aromatic nitrogens is 3. The van der Waals surface area contributed by atoms with E-state index in [1.807, 2.05) is 37.3 Å². The summed E-state index contributed by atoms with van der Waals surface area (Å²) in [5.74, 6) is 0.288. The van der Waals surface area contributed by atoms with Crippen molar-refractivity contribution >= 4 is 32.9 Å². The molecule has 0 saturated carbocycles. The number of hydrogen-bond acceptors (Lipinski definition) is 4. The Morgan fingerprint density at radius 2 is 2.09 bits per heavy atom. The minimum Gasteiger partial charge on any atom is -0.493 e. The molecular formula is C16H14BrN3O2. The Labute approximate surface area is 136 Å². The molecular weight excluding hydrogens is 346 g/mol. The third kappa shape index (κ3) is 2.74. The maximum Gasteiger partial charge on any atom is 0.283 e. The van der Waals surface area contributed by atoms with Gasteiger partial charge in [0.1, 0.15) is 11.3 Å². The fourth-order valence-corrected chi connectivity index (χ4v) is 2.50. The molecule has 0 amide bonds. The van der Waals surface area contributed by atoms with Crippen LogP contribution in [0.25, 0.3) is 11.0 Å². The number of benzene rings is 2. The van der Waals surface area contributed by atoms with Crippen LogP contribution in [0.15, 0.2) is 46.9 Å². The van der Waals surface area contributed by atoms with E-state index in [0.29, 0.717) is 29.0 Å². The van der Waals surface area contributed by atoms with Crippen LogP contribution in [0.2, 0.25) is 0 Å². The highest BCUT2D eigenvalue weighted by molar-refractivity contribution is 9.10. The van der Waals surface area contributed by atoms with Gasteiger partial charge in [-0.25, -0.2) is 0 Å². The minimum atomic E-state index is -0.263. The molecule has 0 N–H and O–H groups in total. The zero-order valence-electron chi connectivity index (χ0n) is 12.0. The summed E-state index contributed by atoms with van der Waals surface area (Å²) in [6, 6.07) is 12.7. The van der Waals surface area contributed by atoms with Crippen LogP contribution in [-0.2, 0) is 0 Å². The van der Waals surface area contributed by atoms with E-state index in [-0.39, 0.29) is 5.91 Å². The Bertz CT molecular complexity index is 829. The van der Waals surface area contributed by atoms with E-state index >= 15 is 0 Å². The molecule has 6 heteroatoms. The van der Waals surface area contributed by atoms with Crippen LogP contribution in [0.5, 0.6) is 5.75 Å². The second-order valence-electron chi connectivity index (χ2n) is 4.78. The Morgan fingerprint density at radius 3 is 2.91 bits per heavy atom. The molecule has 22 heavy (non-hydrogen) atoms. The lowest BCUT2D eigenvalue weighted by Gasteiger charge is -2.10. The maximum atomic E-state index is 12.8. The number of fused-ring (bicyclic) bond motifs is 1. The highest BCUT2D eigenvalue weighted by Crippen LogP contribution is 2.25. The quantitative estimate of drug-likeness (QED) is 0.712. The van der Waals surface area contributed by atoms with E-state index in [4.69, 9.17) is 4.74 Å². The molecule has 1 aromatic heterocycles. The molecule has 0 fully saturated rings. The van der Waals surface area contributed by atoms with E-state index in [2.05, 4.69) is 26.2 Å². The number of ether oxygens (including phenoxy) is 1. The van der Waals surface area contributed by atoms with Gasteiger partial charge in [-0.15, -0.1) is 5.10 Å². The van der Waals surface area contributed by atoms with Gasteiger partial charge < -0.3 is 4.74 Å². The lowest BCUT2D eigenvalue weighted by Crippen LogP contribution is -2.15. The average molecular weight is 360 g/mol. The highest BCUT2D eigenvalue weighted by atomic mass is 79.9. The number of halogens is 1. The predicted molar refractivity (Wildman–Crippen MR) is 87.2 cm³/mol. The van der Waals surface area contributed by atoms with Crippen molar-refractivity contribution in [1.29, 1.82) is 0 Å². The summed E-state index contributed by atoms with van der Waals surface area (Å²) in [5.41, 5.74) is 1.81. The third-order valence-electron chi connectivity index (χ3n) is 3.18. The summed E-state index contributed by atoms with van der Waals surface area (Å²) < 4.78 is 7.78. The zero-order chi connectivity index (χ0) is 15.5. The van der Waals surface area contributed by atoms with Gasteiger partial charge in [0.25, 0.3) is 5.91 Å². The molecule has 112 valence electrons. The zero-order valence-corrected chi connectivity index (χ0v) is 13.6. The molecule has 3 rings (SSSR count). The molecule has 5 nitrogen and oxygen atoms in total. The second-order valence-corrected chi connectivity index (χ2v) is 5.70. The SMILES string of the molecule is CCCOc1ccc(Br)cc1C(=O)n1nnc2ccccc21. The van der Waals surface area contributed by atoms with E-state index in [1.54, 1.807) is 12.1 Å². The predicted octanol–water partition coefficient (Wildman–Crippen LogP) is 3.67. The monoisotopic (exact) mass is 359 g/mol. The number of nitrogens with zero attached hydrogens (tertiary/aromatic N) is 3. The van der Waals surface area contributed by atoms with Gasteiger partial charge in [0.2, 0.25) is 0 Å². The number of carbonyl (C=O) groups excluding carboxylic acids is 1. The summed E-state index contributed by atoms with van der Waals surface area (Å²) in [7, 11) is 0. The van der Waals surface area contributed by atoms with Crippen molar-refractivity contribution in [2.75, 3.05) is 6.61 Å². The van der Waals surface area contributed by atoms with Gasteiger partial charge in [0.05, 0.1) is 17.7 Å². The van der Waals surface area contributed by atoms with E-state index < -0.39 is 0 Å². The van der Waals surface area contributed by atoms with Gasteiger partial charge in [0.15, 0.2) is 0 Å². The molecule has 0 aliphatic carbocycles. The highest BCUT2D eigenvalue weighted by Gasteiger charge is 2.18. The molecule has 0 aliphatic rings. The molecule has 1 heterocycles. The van der Waals surface area contributed by atoms with Gasteiger partial charge in [-0.05, 0) is 36.8 Å². The van der Waals surface area contributed by atoms with Crippen LogP contribution in [0.3, 0.4) is 0 Å². The van der Waals surface area contributed by atoms with Gasteiger partial charge in [-0.1, -0.05) is 40.2 Å². The molecule has 0 bridgehead atoms. The normalized spacial score (nSPS) is 10.8. The lowest BCUT2D eigenvalue weighted by atomic mass is 10.2. The van der Waals surface area contributed by atoms with Crippen LogP contribution >= 0.6 is 15.9 Å². The molecule has 0 aliphatic heterocycles. The number of carbonyl (C=O) groups is 1.